The van der Waals surface area contributed by atoms with Gasteiger partial charge >= 0.3 is 0 Å². The van der Waals surface area contributed by atoms with Crippen molar-refractivity contribution in [1.29, 1.82) is 0 Å². The molecule has 25 heavy (non-hydrogen) atoms. The van der Waals surface area contributed by atoms with Gasteiger partial charge in [-0.3, -0.25) is 4.57 Å². The Labute approximate surface area is 148 Å². The van der Waals surface area contributed by atoms with E-state index >= 15 is 0 Å². The zero-order valence-corrected chi connectivity index (χ0v) is 15.0. The van der Waals surface area contributed by atoms with Gasteiger partial charge in [-0.15, -0.1) is 0 Å². The minimum absolute atomic E-state index is 0.254. The van der Waals surface area contributed by atoms with E-state index in [-0.39, 0.29) is 5.41 Å². The summed E-state index contributed by atoms with van der Waals surface area (Å²) in [5.41, 5.74) is 2.73. The normalized spacial score (nSPS) is 18.9. The average Bonchev–Trinajstić information content (AvgIpc) is 3.21. The molecule has 0 saturated carbocycles. The summed E-state index contributed by atoms with van der Waals surface area (Å²) < 4.78 is 7.67. The number of rotatable bonds is 4. The Morgan fingerprint density at radius 2 is 2.16 bits per heavy atom. The van der Waals surface area contributed by atoms with Gasteiger partial charge < -0.3 is 9.73 Å². The van der Waals surface area contributed by atoms with Crippen LogP contribution in [0.4, 0.5) is 0 Å². The molecule has 5 heteroatoms. The van der Waals surface area contributed by atoms with Crippen molar-refractivity contribution < 1.29 is 4.42 Å². The van der Waals surface area contributed by atoms with Gasteiger partial charge in [0, 0.05) is 43.2 Å². The van der Waals surface area contributed by atoms with Crippen LogP contribution >= 0.6 is 0 Å². The van der Waals surface area contributed by atoms with E-state index in [1.54, 1.807) is 6.20 Å². The lowest BCUT2D eigenvalue weighted by Gasteiger charge is -2.34. The average molecular weight is 336 g/mol. The Balaban J connectivity index is 1.46. The highest BCUT2D eigenvalue weighted by molar-refractivity contribution is 5.28. The van der Waals surface area contributed by atoms with Crippen LogP contribution in [0.3, 0.4) is 0 Å². The molecule has 1 aliphatic carbocycles. The Kier molecular flexibility index (Phi) is 3.96. The highest BCUT2D eigenvalue weighted by Gasteiger charge is 2.33. The molecule has 0 radical (unpaired) electrons. The maximum Gasteiger partial charge on any atom is 0.137 e. The number of imidazole rings is 1. The van der Waals surface area contributed by atoms with E-state index in [4.69, 9.17) is 4.42 Å². The topological polar surface area (TPSA) is 55.9 Å². The van der Waals surface area contributed by atoms with Gasteiger partial charge in [0.05, 0.1) is 6.26 Å². The van der Waals surface area contributed by atoms with E-state index in [9.17, 15) is 0 Å². The van der Waals surface area contributed by atoms with Gasteiger partial charge in [0.15, 0.2) is 0 Å². The Bertz CT molecular complexity index is 860. The molecule has 0 aliphatic heterocycles. The highest BCUT2D eigenvalue weighted by Crippen LogP contribution is 2.41. The second-order valence-electron chi connectivity index (χ2n) is 7.65. The quantitative estimate of drug-likeness (QED) is 0.783. The van der Waals surface area contributed by atoms with Crippen LogP contribution in [0.2, 0.25) is 0 Å². The predicted octanol–water partition coefficient (Wildman–Crippen LogP) is 3.97. The second kappa shape index (κ2) is 6.15. The summed E-state index contributed by atoms with van der Waals surface area (Å²) in [6.45, 7) is 7.37. The molecule has 0 fully saturated rings. The van der Waals surface area contributed by atoms with Gasteiger partial charge in [-0.1, -0.05) is 19.9 Å². The first-order chi connectivity index (χ1) is 12.0. The lowest BCUT2D eigenvalue weighted by Crippen LogP contribution is -2.32. The third kappa shape index (κ3) is 3.24. The monoisotopic (exact) mass is 336 g/mol. The number of hydrogen-bond acceptors (Lipinski definition) is 4. The Morgan fingerprint density at radius 3 is 2.88 bits per heavy atom. The first-order valence-corrected chi connectivity index (χ1v) is 8.77. The third-order valence-electron chi connectivity index (χ3n) is 4.99. The van der Waals surface area contributed by atoms with Crippen LogP contribution in [0.5, 0.6) is 0 Å². The summed E-state index contributed by atoms with van der Waals surface area (Å²) in [6, 6.07) is 6.59. The van der Waals surface area contributed by atoms with E-state index in [2.05, 4.69) is 41.3 Å². The molecule has 0 amide bonds. The van der Waals surface area contributed by atoms with Crippen LogP contribution in [0.15, 0.2) is 47.5 Å². The van der Waals surface area contributed by atoms with Gasteiger partial charge in [-0.25, -0.2) is 9.97 Å². The number of nitrogens with one attached hydrogen (secondary N) is 1. The van der Waals surface area contributed by atoms with Gasteiger partial charge in [-0.2, -0.15) is 0 Å². The van der Waals surface area contributed by atoms with E-state index in [1.165, 1.54) is 11.1 Å². The van der Waals surface area contributed by atoms with Crippen LogP contribution in [0, 0.1) is 12.3 Å². The molecule has 3 aromatic rings. The van der Waals surface area contributed by atoms with Gasteiger partial charge in [-0.05, 0) is 36.5 Å². The Hall–Kier alpha value is -2.40. The fourth-order valence-corrected chi connectivity index (χ4v) is 3.68. The molecule has 5 nitrogen and oxygen atoms in total. The van der Waals surface area contributed by atoms with Gasteiger partial charge in [0.25, 0.3) is 0 Å². The molecule has 0 bridgehead atoms. The zero-order chi connectivity index (χ0) is 17.4. The number of fused-ring (bicyclic) bond motifs is 1. The van der Waals surface area contributed by atoms with E-state index < -0.39 is 0 Å². The summed E-state index contributed by atoms with van der Waals surface area (Å²) in [5.74, 6) is 2.96. The molecular formula is C20H24N4O. The van der Waals surface area contributed by atoms with Crippen molar-refractivity contribution >= 4 is 0 Å². The first kappa shape index (κ1) is 16.1. The van der Waals surface area contributed by atoms with Crippen molar-refractivity contribution in [3.05, 3.63) is 65.8 Å². The molecule has 3 aromatic heterocycles. The van der Waals surface area contributed by atoms with E-state index in [1.807, 2.05) is 36.2 Å². The largest absolute Gasteiger partial charge is 0.469 e. The van der Waals surface area contributed by atoms with Crippen molar-refractivity contribution in [2.75, 3.05) is 0 Å². The standard InChI is InChI=1S/C20H24N4O/c1-14-21-7-8-24(14)19-5-4-15(13-23-19)12-22-17-10-20(2,3)11-18-16(17)6-9-25-18/h4-9,13,17,22H,10-12H2,1-3H3/t17-/m1/s1. The summed E-state index contributed by atoms with van der Waals surface area (Å²) in [5, 5.41) is 3.68. The summed E-state index contributed by atoms with van der Waals surface area (Å²) in [4.78, 5) is 8.82. The SMILES string of the molecule is Cc1nccn1-c1ccc(CN[C@@H]2CC(C)(C)Cc3occc32)cn1. The Morgan fingerprint density at radius 1 is 1.28 bits per heavy atom. The molecule has 0 aromatic carbocycles. The van der Waals surface area contributed by atoms with Crippen molar-refractivity contribution in [2.24, 2.45) is 5.41 Å². The maximum absolute atomic E-state index is 5.68. The van der Waals surface area contributed by atoms with E-state index in [0.29, 0.717) is 6.04 Å². The molecule has 1 aliphatic rings. The molecule has 0 spiro atoms. The van der Waals surface area contributed by atoms with Crippen molar-refractivity contribution in [1.82, 2.24) is 19.9 Å². The van der Waals surface area contributed by atoms with Crippen molar-refractivity contribution in [2.45, 2.75) is 46.2 Å². The number of hydrogen-bond donors (Lipinski definition) is 1. The minimum Gasteiger partial charge on any atom is -0.469 e. The van der Waals surface area contributed by atoms with Gasteiger partial charge in [0.2, 0.25) is 0 Å². The predicted molar refractivity (Wildman–Crippen MR) is 96.5 cm³/mol. The minimum atomic E-state index is 0.254. The fraction of sp³-hybridized carbons (Fsp3) is 0.400. The van der Waals surface area contributed by atoms with Gasteiger partial charge in [0.1, 0.15) is 17.4 Å². The molecule has 1 N–H and O–H groups in total. The molecule has 3 heterocycles. The number of pyridine rings is 1. The third-order valence-corrected chi connectivity index (χ3v) is 4.99. The summed E-state index contributed by atoms with van der Waals surface area (Å²) >= 11 is 0. The highest BCUT2D eigenvalue weighted by atomic mass is 16.3. The first-order valence-electron chi connectivity index (χ1n) is 8.77. The lowest BCUT2D eigenvalue weighted by molar-refractivity contribution is 0.235. The lowest BCUT2D eigenvalue weighted by atomic mass is 9.75. The molecule has 0 saturated heterocycles. The zero-order valence-electron chi connectivity index (χ0n) is 15.0. The molecule has 130 valence electrons. The maximum atomic E-state index is 5.68. The van der Waals surface area contributed by atoms with Crippen molar-refractivity contribution in [3.8, 4) is 5.82 Å². The molecule has 1 atom stereocenters. The number of aryl methyl sites for hydroxylation is 1. The van der Waals surface area contributed by atoms with Crippen LogP contribution in [0.25, 0.3) is 5.82 Å². The summed E-state index contributed by atoms with van der Waals surface area (Å²) in [7, 11) is 0. The molecule has 0 unspecified atom stereocenters. The smallest absolute Gasteiger partial charge is 0.137 e. The van der Waals surface area contributed by atoms with E-state index in [0.717, 1.165) is 36.8 Å². The molecular weight excluding hydrogens is 312 g/mol. The second-order valence-corrected chi connectivity index (χ2v) is 7.65. The van der Waals surface area contributed by atoms with Crippen LogP contribution < -0.4 is 5.32 Å². The van der Waals surface area contributed by atoms with Crippen LogP contribution in [-0.4, -0.2) is 14.5 Å². The molecule has 4 rings (SSSR count). The van der Waals surface area contributed by atoms with Crippen molar-refractivity contribution in [3.63, 3.8) is 0 Å². The summed E-state index contributed by atoms with van der Waals surface area (Å²) in [6.07, 6.45) is 9.59. The number of furan rings is 1. The number of nitrogens with zero attached hydrogens (tertiary/aromatic N) is 3. The van der Waals surface area contributed by atoms with Crippen LogP contribution in [0.1, 0.15) is 49.0 Å². The fourth-order valence-electron chi connectivity index (χ4n) is 3.68. The van der Waals surface area contributed by atoms with Crippen LogP contribution in [-0.2, 0) is 13.0 Å². The number of aromatic nitrogens is 3.